The Hall–Kier alpha value is -1.80. The summed E-state index contributed by atoms with van der Waals surface area (Å²) < 4.78 is 5.59. The second-order valence-electron chi connectivity index (χ2n) is 6.44. The molecule has 0 radical (unpaired) electrons. The molecule has 124 valence electrons. The number of hydrogen-bond acceptors (Lipinski definition) is 2. The average molecular weight is 311 g/mol. The molecule has 2 rings (SSSR count). The van der Waals surface area contributed by atoms with Crippen LogP contribution in [0.25, 0.3) is 0 Å². The van der Waals surface area contributed by atoms with Gasteiger partial charge in [-0.25, -0.2) is 0 Å². The highest BCUT2D eigenvalue weighted by Gasteiger charge is 2.18. The van der Waals surface area contributed by atoms with E-state index in [1.54, 1.807) is 7.11 Å². The van der Waals surface area contributed by atoms with Gasteiger partial charge in [-0.3, -0.25) is 0 Å². The molecule has 0 spiro atoms. The summed E-state index contributed by atoms with van der Waals surface area (Å²) in [6.45, 7) is 9.34. The van der Waals surface area contributed by atoms with Gasteiger partial charge in [0.2, 0.25) is 0 Å². The van der Waals surface area contributed by atoms with Crippen LogP contribution in [0.4, 0.5) is 0 Å². The van der Waals surface area contributed by atoms with Gasteiger partial charge in [0.1, 0.15) is 5.75 Å². The lowest BCUT2D eigenvalue weighted by Crippen LogP contribution is -2.17. The van der Waals surface area contributed by atoms with Crippen LogP contribution >= 0.6 is 0 Å². The predicted octanol–water partition coefficient (Wildman–Crippen LogP) is 4.47. The second-order valence-corrected chi connectivity index (χ2v) is 6.44. The van der Waals surface area contributed by atoms with E-state index in [4.69, 9.17) is 10.5 Å². The Morgan fingerprint density at radius 3 is 2.22 bits per heavy atom. The zero-order valence-corrected chi connectivity index (χ0v) is 15.1. The van der Waals surface area contributed by atoms with Crippen LogP contribution in [-0.2, 0) is 12.8 Å². The van der Waals surface area contributed by atoms with Crippen LogP contribution in [0.5, 0.6) is 5.75 Å². The van der Waals surface area contributed by atoms with Crippen LogP contribution in [0.1, 0.15) is 46.2 Å². The topological polar surface area (TPSA) is 35.2 Å². The molecule has 23 heavy (non-hydrogen) atoms. The highest BCUT2D eigenvalue weighted by atomic mass is 16.5. The molecule has 0 aliphatic heterocycles. The molecule has 1 atom stereocenters. The quantitative estimate of drug-likeness (QED) is 0.854. The molecule has 0 amide bonds. The molecule has 0 bridgehead atoms. The molecule has 0 saturated heterocycles. The van der Waals surface area contributed by atoms with Crippen molar-refractivity contribution in [2.24, 2.45) is 5.73 Å². The summed E-state index contributed by atoms with van der Waals surface area (Å²) >= 11 is 0. The zero-order valence-electron chi connectivity index (χ0n) is 15.1. The van der Waals surface area contributed by atoms with E-state index in [2.05, 4.69) is 58.0 Å². The number of hydrogen-bond donors (Lipinski definition) is 1. The molecule has 0 aliphatic rings. The molecule has 2 N–H and O–H groups in total. The van der Waals surface area contributed by atoms with Gasteiger partial charge >= 0.3 is 0 Å². The van der Waals surface area contributed by atoms with Crippen LogP contribution in [0, 0.1) is 20.8 Å². The van der Waals surface area contributed by atoms with E-state index in [0.717, 1.165) is 18.6 Å². The lowest BCUT2D eigenvalue weighted by molar-refractivity contribution is 0.405. The first-order chi connectivity index (χ1) is 11.0. The molecule has 0 aliphatic carbocycles. The number of rotatable bonds is 6. The summed E-state index contributed by atoms with van der Waals surface area (Å²) in [6.07, 6.45) is 1.98. The normalized spacial score (nSPS) is 12.3. The van der Waals surface area contributed by atoms with Gasteiger partial charge in [0, 0.05) is 5.92 Å². The van der Waals surface area contributed by atoms with Crippen LogP contribution in [0.2, 0.25) is 0 Å². The number of ether oxygens (including phenoxy) is 1. The Morgan fingerprint density at radius 2 is 1.70 bits per heavy atom. The van der Waals surface area contributed by atoms with E-state index in [-0.39, 0.29) is 5.92 Å². The summed E-state index contributed by atoms with van der Waals surface area (Å²) in [6, 6.07) is 11.0. The van der Waals surface area contributed by atoms with Crippen LogP contribution < -0.4 is 10.5 Å². The third-order valence-electron chi connectivity index (χ3n) is 4.72. The first kappa shape index (κ1) is 17.6. The predicted molar refractivity (Wildman–Crippen MR) is 98.5 cm³/mol. The molecule has 0 saturated carbocycles. The van der Waals surface area contributed by atoms with E-state index in [1.165, 1.54) is 33.4 Å². The van der Waals surface area contributed by atoms with Gasteiger partial charge in [-0.2, -0.15) is 0 Å². The Kier molecular flexibility index (Phi) is 5.84. The minimum atomic E-state index is 0.275. The van der Waals surface area contributed by atoms with Crippen molar-refractivity contribution >= 4 is 0 Å². The van der Waals surface area contributed by atoms with Gasteiger partial charge in [0.25, 0.3) is 0 Å². The second kappa shape index (κ2) is 7.65. The van der Waals surface area contributed by atoms with Crippen molar-refractivity contribution in [1.82, 2.24) is 0 Å². The highest BCUT2D eigenvalue weighted by Crippen LogP contribution is 2.32. The van der Waals surface area contributed by atoms with E-state index in [0.29, 0.717) is 6.54 Å². The third-order valence-corrected chi connectivity index (χ3v) is 4.72. The standard InChI is InChI=1S/C21H29NO/c1-6-17-7-8-21(23-5)20(11-17)18(13-22)12-19-15(3)9-14(2)10-16(19)4/h7-11,18H,6,12-13,22H2,1-5H3. The van der Waals surface area contributed by atoms with E-state index < -0.39 is 0 Å². The maximum atomic E-state index is 6.14. The molecule has 1 unspecified atom stereocenters. The zero-order chi connectivity index (χ0) is 17.0. The number of benzene rings is 2. The molecule has 2 aromatic carbocycles. The monoisotopic (exact) mass is 311 g/mol. The van der Waals surface area contributed by atoms with Crippen molar-refractivity contribution in [3.05, 3.63) is 63.7 Å². The number of aryl methyl sites for hydroxylation is 4. The number of nitrogens with two attached hydrogens (primary N) is 1. The minimum absolute atomic E-state index is 0.275. The highest BCUT2D eigenvalue weighted by molar-refractivity contribution is 5.43. The van der Waals surface area contributed by atoms with Crippen LogP contribution in [0.3, 0.4) is 0 Å². The smallest absolute Gasteiger partial charge is 0.122 e. The third kappa shape index (κ3) is 3.94. The summed E-state index contributed by atoms with van der Waals surface area (Å²) in [7, 11) is 1.74. The minimum Gasteiger partial charge on any atom is -0.496 e. The Bertz CT molecular complexity index is 653. The molecule has 0 fully saturated rings. The van der Waals surface area contributed by atoms with Gasteiger partial charge in [0.15, 0.2) is 0 Å². The van der Waals surface area contributed by atoms with Crippen molar-refractivity contribution in [2.75, 3.05) is 13.7 Å². The summed E-state index contributed by atoms with van der Waals surface area (Å²) in [5.41, 5.74) is 14.1. The Labute approximate surface area is 140 Å². The largest absolute Gasteiger partial charge is 0.496 e. The molecular weight excluding hydrogens is 282 g/mol. The van der Waals surface area contributed by atoms with Crippen LogP contribution in [0.15, 0.2) is 30.3 Å². The average Bonchev–Trinajstić information content (AvgIpc) is 2.53. The SMILES string of the molecule is CCc1ccc(OC)c(C(CN)Cc2c(C)cc(C)cc2C)c1. The van der Waals surface area contributed by atoms with E-state index in [9.17, 15) is 0 Å². The molecule has 2 heteroatoms. The van der Waals surface area contributed by atoms with Gasteiger partial charge < -0.3 is 10.5 Å². The molecule has 0 aromatic heterocycles. The van der Waals surface area contributed by atoms with Crippen molar-refractivity contribution in [1.29, 1.82) is 0 Å². The van der Waals surface area contributed by atoms with Crippen molar-refractivity contribution in [2.45, 2.75) is 46.5 Å². The van der Waals surface area contributed by atoms with Crippen molar-refractivity contribution in [3.63, 3.8) is 0 Å². The lowest BCUT2D eigenvalue weighted by atomic mass is 9.86. The maximum absolute atomic E-state index is 6.14. The van der Waals surface area contributed by atoms with Crippen molar-refractivity contribution < 1.29 is 4.74 Å². The fourth-order valence-corrected chi connectivity index (χ4v) is 3.42. The fourth-order valence-electron chi connectivity index (χ4n) is 3.42. The Morgan fingerprint density at radius 1 is 1.04 bits per heavy atom. The maximum Gasteiger partial charge on any atom is 0.122 e. The number of methoxy groups -OCH3 is 1. The van der Waals surface area contributed by atoms with Crippen LogP contribution in [-0.4, -0.2) is 13.7 Å². The fraction of sp³-hybridized carbons (Fsp3) is 0.429. The van der Waals surface area contributed by atoms with Gasteiger partial charge in [-0.05, 0) is 74.0 Å². The van der Waals surface area contributed by atoms with E-state index in [1.807, 2.05) is 0 Å². The molecule has 2 aromatic rings. The summed E-state index contributed by atoms with van der Waals surface area (Å²) in [5, 5.41) is 0. The molecular formula is C21H29NO. The molecule has 2 nitrogen and oxygen atoms in total. The lowest BCUT2D eigenvalue weighted by Gasteiger charge is -2.22. The van der Waals surface area contributed by atoms with Gasteiger partial charge in [-0.15, -0.1) is 0 Å². The first-order valence-corrected chi connectivity index (χ1v) is 8.43. The van der Waals surface area contributed by atoms with Gasteiger partial charge in [-0.1, -0.05) is 36.8 Å². The summed E-state index contributed by atoms with van der Waals surface area (Å²) in [4.78, 5) is 0. The Balaban J connectivity index is 2.41. The molecule has 0 heterocycles. The first-order valence-electron chi connectivity index (χ1n) is 8.43. The van der Waals surface area contributed by atoms with Gasteiger partial charge in [0.05, 0.1) is 7.11 Å². The van der Waals surface area contributed by atoms with Crippen molar-refractivity contribution in [3.8, 4) is 5.75 Å². The van der Waals surface area contributed by atoms with E-state index >= 15 is 0 Å². The summed E-state index contributed by atoms with van der Waals surface area (Å²) in [5.74, 6) is 1.22.